The van der Waals surface area contributed by atoms with Crippen LogP contribution in [0.1, 0.15) is 33.5 Å². The molecule has 33 heavy (non-hydrogen) atoms. The van der Waals surface area contributed by atoms with Crippen LogP contribution in [0.15, 0.2) is 36.4 Å². The number of carboxylic acid groups (broad SMARTS) is 1. The van der Waals surface area contributed by atoms with Crippen LogP contribution < -0.4 is 10.6 Å². The Morgan fingerprint density at radius 1 is 1.06 bits per heavy atom. The van der Waals surface area contributed by atoms with Crippen molar-refractivity contribution in [2.45, 2.75) is 29.5 Å². The van der Waals surface area contributed by atoms with Gasteiger partial charge in [-0.25, -0.2) is 4.79 Å². The first kappa shape index (κ1) is 24.6. The van der Waals surface area contributed by atoms with Gasteiger partial charge in [0.15, 0.2) is 4.99 Å². The molecule has 0 saturated carbocycles. The van der Waals surface area contributed by atoms with Crippen LogP contribution in [0, 0.1) is 0 Å². The molecule has 0 aliphatic carbocycles. The topological polar surface area (TPSA) is 87.7 Å². The van der Waals surface area contributed by atoms with Gasteiger partial charge in [-0.15, -0.1) is 11.8 Å². The van der Waals surface area contributed by atoms with Crippen LogP contribution in [0.4, 0.5) is 37.7 Å². The molecule has 1 heterocycles. The second kappa shape index (κ2) is 8.69. The number of rotatable bonds is 6. The van der Waals surface area contributed by atoms with Crippen molar-refractivity contribution in [1.29, 1.82) is 0 Å². The van der Waals surface area contributed by atoms with E-state index in [4.69, 9.17) is 0 Å². The summed E-state index contributed by atoms with van der Waals surface area (Å²) >= 11 is 0.826. The number of fused-ring (bicyclic) bond motifs is 1. The van der Waals surface area contributed by atoms with Crippen LogP contribution in [0.25, 0.3) is 0 Å². The first-order chi connectivity index (χ1) is 15.2. The van der Waals surface area contributed by atoms with E-state index in [0.29, 0.717) is 11.6 Å². The number of carbonyl (C=O) groups is 2. The van der Waals surface area contributed by atoms with E-state index < -0.39 is 58.2 Å². The smallest absolute Gasteiger partial charge is 0.418 e. The Labute approximate surface area is 187 Å². The van der Waals surface area contributed by atoms with Gasteiger partial charge >= 0.3 is 24.3 Å². The van der Waals surface area contributed by atoms with Crippen molar-refractivity contribution >= 4 is 35.1 Å². The number of anilines is 2. The summed E-state index contributed by atoms with van der Waals surface area (Å²) in [5, 5.41) is 14.3. The largest absolute Gasteiger partial charge is 0.481 e. The second-order valence-electron chi connectivity index (χ2n) is 7.07. The number of carboxylic acids is 1. The fourth-order valence-electron chi connectivity index (χ4n) is 3.25. The van der Waals surface area contributed by atoms with Crippen molar-refractivity contribution in [3.8, 4) is 0 Å². The summed E-state index contributed by atoms with van der Waals surface area (Å²) in [5.41, 5.74) is -3.57. The van der Waals surface area contributed by atoms with Crippen LogP contribution in [-0.2, 0) is 27.6 Å². The third kappa shape index (κ3) is 5.46. The number of carbonyl (C=O) groups excluding carboxylic acids is 1. The molecule has 0 aromatic heterocycles. The number of alkyl halides is 6. The molecule has 3 N–H and O–H groups in total. The molecule has 0 spiro atoms. The van der Waals surface area contributed by atoms with Gasteiger partial charge in [0.05, 0.1) is 41.6 Å². The molecule has 1 unspecified atom stereocenters. The lowest BCUT2D eigenvalue weighted by Gasteiger charge is -2.29. The Balaban J connectivity index is 1.97. The lowest BCUT2D eigenvalue weighted by Crippen LogP contribution is -2.40. The van der Waals surface area contributed by atoms with Crippen LogP contribution in [-0.4, -0.2) is 29.1 Å². The van der Waals surface area contributed by atoms with Gasteiger partial charge in [-0.3, -0.25) is 4.79 Å². The maximum atomic E-state index is 13.5. The van der Waals surface area contributed by atoms with Crippen molar-refractivity contribution < 1.29 is 45.8 Å². The first-order valence-electron chi connectivity index (χ1n) is 9.16. The normalized spacial score (nSPS) is 17.7. The number of esters is 1. The lowest BCUT2D eigenvalue weighted by molar-refractivity contribution is -0.142. The predicted octanol–water partition coefficient (Wildman–Crippen LogP) is 5.41. The van der Waals surface area contributed by atoms with Crippen LogP contribution >= 0.6 is 11.8 Å². The third-order valence-electron chi connectivity index (χ3n) is 4.67. The van der Waals surface area contributed by atoms with E-state index in [1.165, 1.54) is 25.3 Å². The zero-order chi connectivity index (χ0) is 24.6. The molecule has 0 radical (unpaired) electrons. The highest BCUT2D eigenvalue weighted by molar-refractivity contribution is 8.00. The Morgan fingerprint density at radius 3 is 2.33 bits per heavy atom. The molecule has 3 rings (SSSR count). The molecular weight excluding hydrogens is 478 g/mol. The fourth-order valence-corrected chi connectivity index (χ4v) is 4.42. The van der Waals surface area contributed by atoms with Gasteiger partial charge in [-0.1, -0.05) is 12.1 Å². The molecule has 1 atom stereocenters. The molecule has 0 fully saturated rings. The Hall–Kier alpha value is -3.09. The number of methoxy groups -OCH3 is 1. The highest BCUT2D eigenvalue weighted by atomic mass is 32.2. The molecule has 2 aromatic rings. The van der Waals surface area contributed by atoms with Gasteiger partial charge in [0.25, 0.3) is 0 Å². The van der Waals surface area contributed by atoms with Gasteiger partial charge in [0.1, 0.15) is 0 Å². The van der Waals surface area contributed by atoms with Gasteiger partial charge in [0, 0.05) is 5.75 Å². The Bertz CT molecular complexity index is 1090. The van der Waals surface area contributed by atoms with Crippen LogP contribution in [0.2, 0.25) is 0 Å². The van der Waals surface area contributed by atoms with Gasteiger partial charge in [0.2, 0.25) is 0 Å². The SMILES string of the molecule is COC(=O)c1cccc(CSC2(CC(=O)O)Nc3cc(C(F)(F)F)cc(C(F)(F)F)c3N2)c1. The van der Waals surface area contributed by atoms with E-state index in [1.54, 1.807) is 6.07 Å². The standard InChI is InChI=1S/C20H16F6N2O4S/c1-32-17(31)11-4-2-3-10(5-11)9-33-18(8-15(29)30)27-14-7-12(19(21,22)23)6-13(16(14)28-18)20(24,25)26/h2-7,27-28H,8-9H2,1H3,(H,29,30). The lowest BCUT2D eigenvalue weighted by atomic mass is 10.1. The zero-order valence-electron chi connectivity index (χ0n) is 16.7. The molecule has 1 aliphatic heterocycles. The molecule has 178 valence electrons. The van der Waals surface area contributed by atoms with E-state index >= 15 is 0 Å². The molecular formula is C20H16F6N2O4S. The average Bonchev–Trinajstić information content (AvgIpc) is 3.07. The summed E-state index contributed by atoms with van der Waals surface area (Å²) in [5.74, 6) is -2.01. The van der Waals surface area contributed by atoms with E-state index in [9.17, 15) is 41.0 Å². The number of hydrogen-bond acceptors (Lipinski definition) is 6. The molecule has 13 heteroatoms. The maximum Gasteiger partial charge on any atom is 0.418 e. The summed E-state index contributed by atoms with van der Waals surface area (Å²) < 4.78 is 84.7. The minimum absolute atomic E-state index is 0.0135. The van der Waals surface area contributed by atoms with E-state index in [2.05, 4.69) is 15.4 Å². The number of aliphatic carboxylic acids is 1. The minimum Gasteiger partial charge on any atom is -0.481 e. The maximum absolute atomic E-state index is 13.5. The first-order valence-corrected chi connectivity index (χ1v) is 10.1. The summed E-state index contributed by atoms with van der Waals surface area (Å²) in [6.45, 7) is 0. The van der Waals surface area contributed by atoms with Crippen LogP contribution in [0.3, 0.4) is 0 Å². The number of hydrogen-bond donors (Lipinski definition) is 3. The van der Waals surface area contributed by atoms with Crippen LogP contribution in [0.5, 0.6) is 0 Å². The third-order valence-corrected chi connectivity index (χ3v) is 5.99. The van der Waals surface area contributed by atoms with Crippen molar-refractivity contribution in [1.82, 2.24) is 0 Å². The number of ether oxygens (including phenoxy) is 1. The van der Waals surface area contributed by atoms with Crippen molar-refractivity contribution in [3.05, 3.63) is 58.7 Å². The fraction of sp³-hybridized carbons (Fsp3) is 0.300. The quantitative estimate of drug-likeness (QED) is 0.366. The second-order valence-corrected chi connectivity index (χ2v) is 8.34. The summed E-state index contributed by atoms with van der Waals surface area (Å²) in [7, 11) is 1.18. The Morgan fingerprint density at radius 2 is 1.76 bits per heavy atom. The summed E-state index contributed by atoms with van der Waals surface area (Å²) in [6.07, 6.45) is -10.9. The van der Waals surface area contributed by atoms with Crippen molar-refractivity contribution in [2.75, 3.05) is 17.7 Å². The molecule has 1 aliphatic rings. The van der Waals surface area contributed by atoms with Crippen molar-refractivity contribution in [2.24, 2.45) is 0 Å². The number of nitrogens with one attached hydrogen (secondary N) is 2. The van der Waals surface area contributed by atoms with E-state index in [0.717, 1.165) is 11.8 Å². The van der Waals surface area contributed by atoms with Gasteiger partial charge in [-0.2, -0.15) is 26.3 Å². The highest BCUT2D eigenvalue weighted by Crippen LogP contribution is 2.50. The van der Waals surface area contributed by atoms with Gasteiger partial charge < -0.3 is 20.5 Å². The Kier molecular flexibility index (Phi) is 6.46. The number of benzene rings is 2. The van der Waals surface area contributed by atoms with Crippen molar-refractivity contribution in [3.63, 3.8) is 0 Å². The minimum atomic E-state index is -5.13. The highest BCUT2D eigenvalue weighted by Gasteiger charge is 2.46. The zero-order valence-corrected chi connectivity index (χ0v) is 17.5. The molecule has 0 amide bonds. The predicted molar refractivity (Wildman–Crippen MR) is 108 cm³/mol. The molecule has 2 aromatic carbocycles. The molecule has 0 saturated heterocycles. The molecule has 0 bridgehead atoms. The summed E-state index contributed by atoms with van der Waals surface area (Å²) in [4.78, 5) is 21.4. The number of halogens is 6. The monoisotopic (exact) mass is 494 g/mol. The van der Waals surface area contributed by atoms with Gasteiger partial charge in [-0.05, 0) is 29.8 Å². The summed E-state index contributed by atoms with van der Waals surface area (Å²) in [6, 6.07) is 6.54. The van der Waals surface area contributed by atoms with E-state index in [1.807, 2.05) is 0 Å². The van der Waals surface area contributed by atoms with E-state index in [-0.39, 0.29) is 17.4 Å². The number of thioether (sulfide) groups is 1. The molecule has 6 nitrogen and oxygen atoms in total. The average molecular weight is 494 g/mol.